The van der Waals surface area contributed by atoms with Crippen molar-refractivity contribution in [3.8, 4) is 5.75 Å². The van der Waals surface area contributed by atoms with Gasteiger partial charge in [0, 0.05) is 11.3 Å². The summed E-state index contributed by atoms with van der Waals surface area (Å²) in [6, 6.07) is 4.85. The fraction of sp³-hybridized carbons (Fsp3) is 0.250. The predicted molar refractivity (Wildman–Crippen MR) is 88.8 cm³/mol. The number of halogens is 2. The van der Waals surface area contributed by atoms with E-state index < -0.39 is 13.8 Å². The third-order valence-corrected chi connectivity index (χ3v) is 3.11. The van der Waals surface area contributed by atoms with Crippen molar-refractivity contribution < 1.29 is 28.4 Å². The monoisotopic (exact) mass is 388 g/mol. The number of thiol groups is 1. The molecule has 0 aliphatic heterocycles. The predicted octanol–water partition coefficient (Wildman–Crippen LogP) is 3.50. The van der Waals surface area contributed by atoms with Crippen LogP contribution in [0.3, 0.4) is 0 Å². The summed E-state index contributed by atoms with van der Waals surface area (Å²) in [5.41, 5.74) is 0.293. The molecule has 2 N–H and O–H groups in total. The topological polar surface area (TPSA) is 93.1 Å². The summed E-state index contributed by atoms with van der Waals surface area (Å²) in [7, 11) is -4.23. The maximum Gasteiger partial charge on any atom is 0.469 e. The number of carbonyl (C=O) groups excluding carboxylic acids is 1. The van der Waals surface area contributed by atoms with Gasteiger partial charge in [0.2, 0.25) is 0 Å². The van der Waals surface area contributed by atoms with Gasteiger partial charge in [-0.15, -0.1) is 0 Å². The van der Waals surface area contributed by atoms with E-state index in [0.717, 1.165) is 0 Å². The van der Waals surface area contributed by atoms with Gasteiger partial charge in [-0.25, -0.2) is 9.36 Å². The summed E-state index contributed by atoms with van der Waals surface area (Å²) in [5, 5.41) is 0.596. The molecule has 0 atom stereocenters. The summed E-state index contributed by atoms with van der Waals surface area (Å²) >= 11 is 15.2. The van der Waals surface area contributed by atoms with E-state index in [1.165, 1.54) is 0 Å². The zero-order valence-corrected chi connectivity index (χ0v) is 14.8. The highest BCUT2D eigenvalue weighted by atomic mass is 35.5. The first-order valence-electron chi connectivity index (χ1n) is 5.71. The van der Waals surface area contributed by atoms with Crippen LogP contribution in [0.4, 0.5) is 0 Å². The van der Waals surface area contributed by atoms with Gasteiger partial charge >= 0.3 is 13.8 Å². The fourth-order valence-corrected chi connectivity index (χ4v) is 1.96. The summed E-state index contributed by atoms with van der Waals surface area (Å²) in [5.74, 6) is -0.0608. The molecule has 0 spiro atoms. The zero-order chi connectivity index (χ0) is 17.3. The van der Waals surface area contributed by atoms with Crippen molar-refractivity contribution in [2.24, 2.45) is 0 Å². The molecule has 22 heavy (non-hydrogen) atoms. The van der Waals surface area contributed by atoms with Gasteiger partial charge < -0.3 is 14.5 Å². The number of para-hydroxylation sites is 1. The number of benzene rings is 1. The summed E-state index contributed by atoms with van der Waals surface area (Å²) in [6.45, 7) is 4.98. The molecule has 0 aliphatic carbocycles. The molecule has 124 valence electrons. The Morgan fingerprint density at radius 3 is 2.18 bits per heavy atom. The highest BCUT2D eigenvalue weighted by molar-refractivity contribution is 7.80. The minimum Gasteiger partial charge on any atom is -0.420 e. The maximum absolute atomic E-state index is 11.2. The smallest absolute Gasteiger partial charge is 0.420 e. The Labute approximate surface area is 143 Å². The van der Waals surface area contributed by atoms with Crippen LogP contribution < -0.4 is 4.74 Å². The maximum atomic E-state index is 11.2. The molecule has 0 saturated heterocycles. The lowest BCUT2D eigenvalue weighted by atomic mass is 10.3. The quantitative estimate of drug-likeness (QED) is 0.235. The average molecular weight is 389 g/mol. The second kappa shape index (κ2) is 10.3. The molecule has 1 aromatic carbocycles. The number of phosphoric acid groups is 1. The van der Waals surface area contributed by atoms with Gasteiger partial charge in [-0.2, -0.15) is 12.6 Å². The lowest BCUT2D eigenvalue weighted by Crippen LogP contribution is -2.08. The number of carbonyl (C=O) groups is 1. The molecule has 0 fully saturated rings. The molecule has 0 bridgehead atoms. The summed E-state index contributed by atoms with van der Waals surface area (Å²) < 4.78 is 18.7. The Bertz CT molecular complexity index is 554. The van der Waals surface area contributed by atoms with Crippen molar-refractivity contribution in [3.05, 3.63) is 40.4 Å². The van der Waals surface area contributed by atoms with Crippen molar-refractivity contribution in [2.45, 2.75) is 6.92 Å². The Morgan fingerprint density at radius 1 is 1.36 bits per heavy atom. The molecule has 10 heteroatoms. The Morgan fingerprint density at radius 2 is 1.86 bits per heavy atom. The van der Waals surface area contributed by atoms with Crippen LogP contribution >= 0.6 is 43.7 Å². The molecule has 0 unspecified atom stereocenters. The first-order chi connectivity index (χ1) is 10.1. The van der Waals surface area contributed by atoms with Crippen LogP contribution in [0.15, 0.2) is 30.4 Å². The third kappa shape index (κ3) is 9.48. The Hall–Kier alpha value is -0.530. The molecule has 0 radical (unpaired) electrons. The van der Waals surface area contributed by atoms with Gasteiger partial charge in [-0.1, -0.05) is 35.8 Å². The van der Waals surface area contributed by atoms with Crippen molar-refractivity contribution in [1.29, 1.82) is 0 Å². The van der Waals surface area contributed by atoms with Gasteiger partial charge in [-0.05, 0) is 19.1 Å². The van der Waals surface area contributed by atoms with Crippen molar-refractivity contribution in [3.63, 3.8) is 0 Å². The molecule has 1 aromatic rings. The van der Waals surface area contributed by atoms with Crippen LogP contribution in [0.1, 0.15) is 6.92 Å². The van der Waals surface area contributed by atoms with E-state index in [1.54, 1.807) is 25.1 Å². The lowest BCUT2D eigenvalue weighted by Gasteiger charge is -2.06. The summed E-state index contributed by atoms with van der Waals surface area (Å²) in [6.07, 6.45) is 0. The van der Waals surface area contributed by atoms with E-state index in [1.807, 2.05) is 0 Å². The minimum absolute atomic E-state index is 0.0204. The van der Waals surface area contributed by atoms with Gasteiger partial charge in [-0.3, -0.25) is 4.52 Å². The van der Waals surface area contributed by atoms with Gasteiger partial charge in [0.1, 0.15) is 0 Å². The van der Waals surface area contributed by atoms with Crippen LogP contribution in [-0.2, 0) is 13.9 Å². The molecule has 0 saturated carbocycles. The van der Waals surface area contributed by atoms with Gasteiger partial charge in [0.25, 0.3) is 0 Å². The van der Waals surface area contributed by atoms with E-state index in [0.29, 0.717) is 21.4 Å². The molecule has 1 rings (SSSR count). The van der Waals surface area contributed by atoms with E-state index in [-0.39, 0.29) is 12.4 Å². The highest BCUT2D eigenvalue weighted by Crippen LogP contribution is 2.35. The summed E-state index contributed by atoms with van der Waals surface area (Å²) in [4.78, 5) is 27.2. The highest BCUT2D eigenvalue weighted by Gasteiger charge is 2.12. The first-order valence-corrected chi connectivity index (χ1v) is 8.63. The normalized spacial score (nSPS) is 10.5. The Balaban J connectivity index is 0.000000472. The fourth-order valence-electron chi connectivity index (χ4n) is 0.920. The van der Waals surface area contributed by atoms with Crippen LogP contribution in [0.25, 0.3) is 0 Å². The number of hydrogen-bond donors (Lipinski definition) is 3. The molecular formula is C12H15Cl2O6PS. The van der Waals surface area contributed by atoms with Crippen LogP contribution in [0.2, 0.25) is 10.0 Å². The average Bonchev–Trinajstić information content (AvgIpc) is 2.40. The molecule has 0 amide bonds. The SMILES string of the molecule is C=C(C)C(=O)Oc1c(Cl)cccc1Cl.O=P(O)(O)OCCS. The molecule has 6 nitrogen and oxygen atoms in total. The van der Waals surface area contributed by atoms with Crippen molar-refractivity contribution in [1.82, 2.24) is 0 Å². The molecule has 0 aliphatic rings. The molecule has 0 heterocycles. The second-order valence-corrected chi connectivity index (χ2v) is 6.27. The van der Waals surface area contributed by atoms with E-state index in [2.05, 4.69) is 23.7 Å². The molecular weight excluding hydrogens is 374 g/mol. The number of rotatable bonds is 5. The van der Waals surface area contributed by atoms with Gasteiger partial charge in [0.05, 0.1) is 16.7 Å². The number of phosphoric ester groups is 1. The van der Waals surface area contributed by atoms with Crippen LogP contribution in [0, 0.1) is 0 Å². The Kier molecular flexibility index (Phi) is 10.0. The lowest BCUT2D eigenvalue weighted by molar-refractivity contribution is -0.130. The second-order valence-electron chi connectivity index (χ2n) is 3.77. The minimum atomic E-state index is -4.23. The van der Waals surface area contributed by atoms with E-state index in [4.69, 9.17) is 37.7 Å². The van der Waals surface area contributed by atoms with Crippen LogP contribution in [-0.4, -0.2) is 28.1 Å². The first kappa shape index (κ1) is 21.5. The number of hydrogen-bond acceptors (Lipinski definition) is 5. The number of ether oxygens (including phenoxy) is 1. The molecule has 0 aromatic heterocycles. The van der Waals surface area contributed by atoms with Crippen molar-refractivity contribution >= 4 is 49.6 Å². The van der Waals surface area contributed by atoms with Crippen molar-refractivity contribution in [2.75, 3.05) is 12.4 Å². The third-order valence-electron chi connectivity index (χ3n) is 1.81. The largest absolute Gasteiger partial charge is 0.469 e. The zero-order valence-electron chi connectivity index (χ0n) is 11.5. The van der Waals surface area contributed by atoms with Gasteiger partial charge in [0.15, 0.2) is 5.75 Å². The van der Waals surface area contributed by atoms with E-state index >= 15 is 0 Å². The van der Waals surface area contributed by atoms with E-state index in [9.17, 15) is 9.36 Å². The standard InChI is InChI=1S/C10H8Cl2O2.C2H7O4PS/c1-6(2)10(13)14-9-7(11)4-3-5-8(9)12;3-7(4,5)6-1-2-8/h3-5H,1H2,2H3;8H,1-2H2,(H2,3,4,5). The number of esters is 1. The van der Waals surface area contributed by atoms with Crippen LogP contribution in [0.5, 0.6) is 5.75 Å².